The third kappa shape index (κ3) is 3.06. The van der Waals surface area contributed by atoms with Gasteiger partial charge in [-0.1, -0.05) is 19.8 Å². The van der Waals surface area contributed by atoms with E-state index in [1.54, 1.807) is 12.4 Å². The molecule has 0 saturated heterocycles. The zero-order valence-electron chi connectivity index (χ0n) is 13.1. The molecule has 1 fully saturated rings. The van der Waals surface area contributed by atoms with Gasteiger partial charge in [0, 0.05) is 12.2 Å². The Labute approximate surface area is 125 Å². The molecule has 0 atom stereocenters. The topological polar surface area (TPSA) is 55.6 Å². The number of aryl methyl sites for hydroxylation is 2. The lowest BCUT2D eigenvalue weighted by Crippen LogP contribution is -2.23. The summed E-state index contributed by atoms with van der Waals surface area (Å²) >= 11 is 0. The third-order valence-corrected chi connectivity index (χ3v) is 4.36. The molecule has 2 heterocycles. The monoisotopic (exact) mass is 285 g/mol. The normalized spacial score (nSPS) is 17.1. The summed E-state index contributed by atoms with van der Waals surface area (Å²) in [5.74, 6) is 1.59. The van der Waals surface area contributed by atoms with E-state index in [1.165, 1.54) is 25.7 Å². The maximum atomic E-state index is 4.64. The number of anilines is 1. The molecule has 112 valence electrons. The Bertz CT molecular complexity index is 625. The van der Waals surface area contributed by atoms with Crippen LogP contribution in [0.5, 0.6) is 0 Å². The zero-order chi connectivity index (χ0) is 14.9. The Morgan fingerprint density at radius 2 is 2.00 bits per heavy atom. The van der Waals surface area contributed by atoms with E-state index in [2.05, 4.69) is 27.3 Å². The van der Waals surface area contributed by atoms with Gasteiger partial charge >= 0.3 is 0 Å². The highest BCUT2D eigenvalue weighted by Crippen LogP contribution is 2.37. The van der Waals surface area contributed by atoms with E-state index in [1.807, 2.05) is 24.6 Å². The van der Waals surface area contributed by atoms with Gasteiger partial charge in [0.2, 0.25) is 0 Å². The summed E-state index contributed by atoms with van der Waals surface area (Å²) < 4.78 is 1.84. The Balaban J connectivity index is 1.75. The van der Waals surface area contributed by atoms with Gasteiger partial charge in [-0.25, -0.2) is 9.67 Å². The van der Waals surface area contributed by atoms with Gasteiger partial charge in [-0.05, 0) is 38.2 Å². The maximum Gasteiger partial charge on any atom is 0.174 e. The molecule has 0 unspecified atom stereocenters. The van der Waals surface area contributed by atoms with Crippen LogP contribution in [0.1, 0.15) is 44.0 Å². The average molecular weight is 285 g/mol. The van der Waals surface area contributed by atoms with Crippen LogP contribution in [0.25, 0.3) is 5.82 Å². The van der Waals surface area contributed by atoms with E-state index < -0.39 is 0 Å². The predicted molar refractivity (Wildman–Crippen MR) is 83.7 cm³/mol. The van der Waals surface area contributed by atoms with E-state index in [0.29, 0.717) is 5.41 Å². The average Bonchev–Trinajstić information content (AvgIpc) is 3.04. The lowest BCUT2D eigenvalue weighted by atomic mass is 9.89. The van der Waals surface area contributed by atoms with Crippen molar-refractivity contribution in [2.45, 2.75) is 46.5 Å². The van der Waals surface area contributed by atoms with Crippen molar-refractivity contribution in [3.8, 4) is 5.82 Å². The van der Waals surface area contributed by atoms with Crippen molar-refractivity contribution in [2.75, 3.05) is 11.9 Å². The van der Waals surface area contributed by atoms with Crippen LogP contribution in [-0.4, -0.2) is 26.3 Å². The number of aromatic nitrogens is 4. The van der Waals surface area contributed by atoms with Crippen LogP contribution in [0.15, 0.2) is 18.5 Å². The van der Waals surface area contributed by atoms with Crippen LogP contribution in [0.3, 0.4) is 0 Å². The van der Waals surface area contributed by atoms with E-state index in [4.69, 9.17) is 0 Å². The molecule has 21 heavy (non-hydrogen) atoms. The number of nitrogens with zero attached hydrogens (tertiary/aromatic N) is 4. The van der Waals surface area contributed by atoms with Crippen molar-refractivity contribution >= 4 is 5.82 Å². The van der Waals surface area contributed by atoms with Gasteiger partial charge in [0.25, 0.3) is 0 Å². The molecule has 0 amide bonds. The molecular formula is C16H23N5. The summed E-state index contributed by atoms with van der Waals surface area (Å²) in [4.78, 5) is 8.93. The summed E-state index contributed by atoms with van der Waals surface area (Å²) in [7, 11) is 0. The Hall–Kier alpha value is -1.91. The van der Waals surface area contributed by atoms with Crippen LogP contribution in [0, 0.1) is 19.3 Å². The molecule has 1 N–H and O–H groups in total. The molecule has 0 aromatic carbocycles. The first kappa shape index (κ1) is 14.0. The Morgan fingerprint density at radius 1 is 1.24 bits per heavy atom. The fraction of sp³-hybridized carbons (Fsp3) is 0.562. The first-order chi connectivity index (χ1) is 10.1. The van der Waals surface area contributed by atoms with Crippen molar-refractivity contribution < 1.29 is 0 Å². The second-order valence-electron chi connectivity index (χ2n) is 6.47. The largest absolute Gasteiger partial charge is 0.368 e. The van der Waals surface area contributed by atoms with Gasteiger partial charge in [-0.3, -0.25) is 4.98 Å². The molecule has 0 aliphatic heterocycles. The van der Waals surface area contributed by atoms with E-state index in [0.717, 1.165) is 29.6 Å². The zero-order valence-corrected chi connectivity index (χ0v) is 13.1. The molecule has 0 radical (unpaired) electrons. The van der Waals surface area contributed by atoms with Crippen molar-refractivity contribution in [1.29, 1.82) is 0 Å². The van der Waals surface area contributed by atoms with Crippen molar-refractivity contribution in [3.63, 3.8) is 0 Å². The minimum atomic E-state index is 0.399. The quantitative estimate of drug-likeness (QED) is 0.936. The Kier molecular flexibility index (Phi) is 3.66. The minimum absolute atomic E-state index is 0.399. The van der Waals surface area contributed by atoms with Crippen molar-refractivity contribution in [3.05, 3.63) is 29.8 Å². The molecule has 1 aliphatic rings. The van der Waals surface area contributed by atoms with Crippen LogP contribution >= 0.6 is 0 Å². The van der Waals surface area contributed by atoms with E-state index in [9.17, 15) is 0 Å². The van der Waals surface area contributed by atoms with Crippen LogP contribution in [0.2, 0.25) is 0 Å². The van der Waals surface area contributed by atoms with Crippen LogP contribution < -0.4 is 5.32 Å². The number of hydrogen-bond donors (Lipinski definition) is 1. The van der Waals surface area contributed by atoms with E-state index in [-0.39, 0.29) is 0 Å². The van der Waals surface area contributed by atoms with Crippen LogP contribution in [-0.2, 0) is 0 Å². The first-order valence-electron chi connectivity index (χ1n) is 7.65. The molecule has 1 aliphatic carbocycles. The molecule has 2 aromatic heterocycles. The highest BCUT2D eigenvalue weighted by Gasteiger charge is 2.28. The van der Waals surface area contributed by atoms with Gasteiger partial charge in [0.15, 0.2) is 5.82 Å². The predicted octanol–water partition coefficient (Wildman–Crippen LogP) is 3.27. The summed E-state index contributed by atoms with van der Waals surface area (Å²) in [6, 6.07) is 2.04. The second kappa shape index (κ2) is 5.47. The number of rotatable bonds is 4. The Morgan fingerprint density at radius 3 is 2.67 bits per heavy atom. The van der Waals surface area contributed by atoms with E-state index >= 15 is 0 Å². The molecule has 2 aromatic rings. The summed E-state index contributed by atoms with van der Waals surface area (Å²) in [5, 5.41) is 7.91. The lowest BCUT2D eigenvalue weighted by molar-refractivity contribution is 0.361. The third-order valence-electron chi connectivity index (χ3n) is 4.36. The highest BCUT2D eigenvalue weighted by molar-refractivity contribution is 5.36. The van der Waals surface area contributed by atoms with Gasteiger partial charge in [0.1, 0.15) is 5.82 Å². The first-order valence-corrected chi connectivity index (χ1v) is 7.65. The molecule has 0 spiro atoms. The van der Waals surface area contributed by atoms with Crippen molar-refractivity contribution in [2.24, 2.45) is 5.41 Å². The summed E-state index contributed by atoms with van der Waals surface area (Å²) in [5.41, 5.74) is 2.46. The molecule has 5 heteroatoms. The number of nitrogens with one attached hydrogen (secondary N) is 1. The highest BCUT2D eigenvalue weighted by atomic mass is 15.3. The lowest BCUT2D eigenvalue weighted by Gasteiger charge is -2.23. The molecule has 5 nitrogen and oxygen atoms in total. The summed E-state index contributed by atoms with van der Waals surface area (Å²) in [6.07, 6.45) is 8.82. The standard InChI is InChI=1S/C16H23N5/c1-12-8-13(2)21(20-12)15-10-17-9-14(19-15)18-11-16(3)6-4-5-7-16/h8-10H,4-7,11H2,1-3H3,(H,18,19). The molecular weight excluding hydrogens is 262 g/mol. The summed E-state index contributed by atoms with van der Waals surface area (Å²) in [6.45, 7) is 7.33. The van der Waals surface area contributed by atoms with Crippen LogP contribution in [0.4, 0.5) is 5.82 Å². The number of hydrogen-bond acceptors (Lipinski definition) is 4. The van der Waals surface area contributed by atoms with Gasteiger partial charge in [-0.15, -0.1) is 0 Å². The fourth-order valence-corrected chi connectivity index (χ4v) is 3.11. The van der Waals surface area contributed by atoms with Gasteiger partial charge in [0.05, 0.1) is 18.1 Å². The molecule has 1 saturated carbocycles. The molecule has 0 bridgehead atoms. The van der Waals surface area contributed by atoms with Gasteiger partial charge in [-0.2, -0.15) is 5.10 Å². The SMILES string of the molecule is Cc1cc(C)n(-c2cncc(NCC3(C)CCCC3)n2)n1. The smallest absolute Gasteiger partial charge is 0.174 e. The van der Waals surface area contributed by atoms with Crippen molar-refractivity contribution in [1.82, 2.24) is 19.7 Å². The molecule has 3 rings (SSSR count). The fourth-order valence-electron chi connectivity index (χ4n) is 3.11. The minimum Gasteiger partial charge on any atom is -0.368 e. The second-order valence-corrected chi connectivity index (χ2v) is 6.47. The van der Waals surface area contributed by atoms with Gasteiger partial charge < -0.3 is 5.32 Å². The maximum absolute atomic E-state index is 4.64.